The second-order valence-corrected chi connectivity index (χ2v) is 4.67. The van der Waals surface area contributed by atoms with Crippen LogP contribution in [-0.4, -0.2) is 47.5 Å². The third-order valence-electron chi connectivity index (χ3n) is 3.06. The first-order valence-electron chi connectivity index (χ1n) is 6.58. The van der Waals surface area contributed by atoms with Crippen molar-refractivity contribution in [2.45, 2.75) is 6.42 Å². The normalized spacial score (nSPS) is 13.0. The molecule has 1 aliphatic rings. The molecule has 0 aromatic heterocycles. The Bertz CT molecular complexity index is 674. The van der Waals surface area contributed by atoms with Gasteiger partial charge in [0.2, 0.25) is 5.91 Å². The van der Waals surface area contributed by atoms with Gasteiger partial charge in [-0.15, -0.1) is 0 Å². The highest BCUT2D eigenvalue weighted by Crippen LogP contribution is 2.34. The third kappa shape index (κ3) is 3.93. The highest BCUT2D eigenvalue weighted by molar-refractivity contribution is 6.02. The van der Waals surface area contributed by atoms with E-state index in [0.717, 1.165) is 11.0 Å². The van der Waals surface area contributed by atoms with Crippen LogP contribution in [0.15, 0.2) is 18.2 Å². The quantitative estimate of drug-likeness (QED) is 0.551. The molecule has 10 heteroatoms. The van der Waals surface area contributed by atoms with Gasteiger partial charge in [-0.2, -0.15) is 0 Å². The number of carboxylic acids is 1. The van der Waals surface area contributed by atoms with Gasteiger partial charge in [-0.3, -0.25) is 29.4 Å². The number of nitro benzene ring substituents is 1. The van der Waals surface area contributed by atoms with Crippen molar-refractivity contribution in [1.29, 1.82) is 0 Å². The zero-order valence-electron chi connectivity index (χ0n) is 11.9. The molecule has 1 aromatic rings. The summed E-state index contributed by atoms with van der Waals surface area (Å²) in [5.74, 6) is -1.90. The van der Waals surface area contributed by atoms with Gasteiger partial charge in [-0.25, -0.2) is 0 Å². The lowest BCUT2D eigenvalue weighted by atomic mass is 10.2. The fraction of sp³-hybridized carbons (Fsp3) is 0.308. The summed E-state index contributed by atoms with van der Waals surface area (Å²) < 4.78 is 5.17. The fourth-order valence-electron chi connectivity index (χ4n) is 1.99. The van der Waals surface area contributed by atoms with Crippen molar-refractivity contribution in [3.8, 4) is 5.75 Å². The molecule has 2 rings (SSSR count). The summed E-state index contributed by atoms with van der Waals surface area (Å²) in [6.45, 7) is -0.738. The SMILES string of the molecule is O=C(O)CCNC(=O)CN1C(=O)COc2ccc([N+](=O)[O-])cc21. The van der Waals surface area contributed by atoms with Crippen LogP contribution in [-0.2, 0) is 14.4 Å². The number of nitrogens with zero attached hydrogens (tertiary/aromatic N) is 2. The average Bonchev–Trinajstić information content (AvgIpc) is 2.49. The summed E-state index contributed by atoms with van der Waals surface area (Å²) in [7, 11) is 0. The Labute approximate surface area is 129 Å². The van der Waals surface area contributed by atoms with Crippen molar-refractivity contribution in [2.24, 2.45) is 0 Å². The number of hydrogen-bond acceptors (Lipinski definition) is 6. The number of nitro groups is 1. The van der Waals surface area contributed by atoms with Crippen molar-refractivity contribution in [2.75, 3.05) is 24.6 Å². The van der Waals surface area contributed by atoms with Gasteiger partial charge < -0.3 is 15.2 Å². The predicted molar refractivity (Wildman–Crippen MR) is 76.2 cm³/mol. The molecule has 0 aliphatic carbocycles. The summed E-state index contributed by atoms with van der Waals surface area (Å²) in [5.41, 5.74) is -0.109. The van der Waals surface area contributed by atoms with Crippen LogP contribution in [0.25, 0.3) is 0 Å². The smallest absolute Gasteiger partial charge is 0.305 e. The molecule has 0 saturated heterocycles. The van der Waals surface area contributed by atoms with Crippen LogP contribution in [0.5, 0.6) is 5.75 Å². The molecular weight excluding hydrogens is 310 g/mol. The number of carboxylic acid groups (broad SMARTS) is 1. The van der Waals surface area contributed by atoms with Crippen molar-refractivity contribution >= 4 is 29.2 Å². The van der Waals surface area contributed by atoms with E-state index in [1.165, 1.54) is 12.1 Å². The van der Waals surface area contributed by atoms with Crippen LogP contribution in [0.4, 0.5) is 11.4 Å². The summed E-state index contributed by atoms with van der Waals surface area (Å²) in [4.78, 5) is 45.4. The minimum Gasteiger partial charge on any atom is -0.482 e. The van der Waals surface area contributed by atoms with Gasteiger partial charge in [-0.1, -0.05) is 0 Å². The fourth-order valence-corrected chi connectivity index (χ4v) is 1.99. The summed E-state index contributed by atoms with van der Waals surface area (Å²) in [6, 6.07) is 3.74. The lowest BCUT2D eigenvalue weighted by Gasteiger charge is -2.28. The Morgan fingerprint density at radius 1 is 1.43 bits per heavy atom. The predicted octanol–water partition coefficient (Wildman–Crippen LogP) is -0.0889. The average molecular weight is 323 g/mol. The van der Waals surface area contributed by atoms with E-state index in [1.54, 1.807) is 0 Å². The number of amides is 2. The van der Waals surface area contributed by atoms with Crippen LogP contribution in [0.1, 0.15) is 6.42 Å². The zero-order valence-corrected chi connectivity index (χ0v) is 11.9. The maximum Gasteiger partial charge on any atom is 0.305 e. The van der Waals surface area contributed by atoms with Gasteiger partial charge in [0.25, 0.3) is 11.6 Å². The molecular formula is C13H13N3O7. The van der Waals surface area contributed by atoms with E-state index in [0.29, 0.717) is 0 Å². The number of hydrogen-bond donors (Lipinski definition) is 2. The molecule has 0 atom stereocenters. The van der Waals surface area contributed by atoms with Crippen LogP contribution < -0.4 is 15.0 Å². The molecule has 2 amide bonds. The van der Waals surface area contributed by atoms with E-state index < -0.39 is 22.7 Å². The number of ether oxygens (including phenoxy) is 1. The molecule has 1 aliphatic heterocycles. The van der Waals surface area contributed by atoms with E-state index in [2.05, 4.69) is 5.32 Å². The first-order valence-corrected chi connectivity index (χ1v) is 6.58. The molecule has 1 aromatic carbocycles. The Kier molecular flexibility index (Phi) is 4.74. The van der Waals surface area contributed by atoms with Crippen LogP contribution in [0.3, 0.4) is 0 Å². The molecule has 0 unspecified atom stereocenters. The Hall–Kier alpha value is -3.17. The van der Waals surface area contributed by atoms with Gasteiger partial charge in [0, 0.05) is 18.7 Å². The number of anilines is 1. The summed E-state index contributed by atoms with van der Waals surface area (Å²) in [5, 5.41) is 21.7. The largest absolute Gasteiger partial charge is 0.482 e. The highest BCUT2D eigenvalue weighted by atomic mass is 16.6. The van der Waals surface area contributed by atoms with E-state index in [1.807, 2.05) is 0 Å². The van der Waals surface area contributed by atoms with Crippen molar-refractivity contribution in [3.05, 3.63) is 28.3 Å². The number of carbonyl (C=O) groups excluding carboxylic acids is 2. The topological polar surface area (TPSA) is 139 Å². The van der Waals surface area contributed by atoms with Crippen molar-refractivity contribution in [1.82, 2.24) is 5.32 Å². The maximum absolute atomic E-state index is 11.9. The number of carbonyl (C=O) groups is 3. The molecule has 23 heavy (non-hydrogen) atoms. The molecule has 0 saturated carbocycles. The van der Waals surface area contributed by atoms with Gasteiger partial charge in [0.05, 0.1) is 17.0 Å². The Morgan fingerprint density at radius 2 is 2.17 bits per heavy atom. The molecule has 2 N–H and O–H groups in total. The molecule has 0 radical (unpaired) electrons. The van der Waals surface area contributed by atoms with Gasteiger partial charge >= 0.3 is 5.97 Å². The number of non-ortho nitro benzene ring substituents is 1. The number of benzene rings is 1. The molecule has 10 nitrogen and oxygen atoms in total. The maximum atomic E-state index is 11.9. The lowest BCUT2D eigenvalue weighted by molar-refractivity contribution is -0.384. The van der Waals surface area contributed by atoms with E-state index in [9.17, 15) is 24.5 Å². The second kappa shape index (κ2) is 6.73. The molecule has 0 spiro atoms. The number of rotatable bonds is 6. The van der Waals surface area contributed by atoms with Crippen molar-refractivity contribution < 1.29 is 29.2 Å². The standard InChI is InChI=1S/C13H13N3O7/c17-11(14-4-3-13(19)20)6-15-9-5-8(16(21)22)1-2-10(9)23-7-12(15)18/h1-2,5H,3-4,6-7H2,(H,14,17)(H,19,20). The van der Waals surface area contributed by atoms with Crippen molar-refractivity contribution in [3.63, 3.8) is 0 Å². The Balaban J connectivity index is 2.14. The second-order valence-electron chi connectivity index (χ2n) is 4.67. The first kappa shape index (κ1) is 16.2. The molecule has 0 bridgehead atoms. The van der Waals surface area contributed by atoms with E-state index >= 15 is 0 Å². The zero-order chi connectivity index (χ0) is 17.0. The monoisotopic (exact) mass is 323 g/mol. The first-order chi connectivity index (χ1) is 10.9. The van der Waals surface area contributed by atoms with Crippen LogP contribution in [0.2, 0.25) is 0 Å². The minimum atomic E-state index is -1.06. The summed E-state index contributed by atoms with van der Waals surface area (Å²) in [6.07, 6.45) is -0.245. The third-order valence-corrected chi connectivity index (χ3v) is 3.06. The van der Waals surface area contributed by atoms with E-state index in [4.69, 9.17) is 9.84 Å². The molecule has 0 fully saturated rings. The lowest BCUT2D eigenvalue weighted by Crippen LogP contribution is -2.45. The highest BCUT2D eigenvalue weighted by Gasteiger charge is 2.29. The van der Waals surface area contributed by atoms with Gasteiger partial charge in [-0.05, 0) is 6.07 Å². The molecule has 122 valence electrons. The molecule has 1 heterocycles. The number of nitrogens with one attached hydrogen (secondary N) is 1. The van der Waals surface area contributed by atoms with Gasteiger partial charge in [0.1, 0.15) is 12.3 Å². The summed E-state index contributed by atoms with van der Waals surface area (Å²) >= 11 is 0. The van der Waals surface area contributed by atoms with Gasteiger partial charge in [0.15, 0.2) is 6.61 Å². The Morgan fingerprint density at radius 3 is 2.83 bits per heavy atom. The van der Waals surface area contributed by atoms with E-state index in [-0.39, 0.29) is 43.2 Å². The van der Waals surface area contributed by atoms with Crippen LogP contribution in [0, 0.1) is 10.1 Å². The van der Waals surface area contributed by atoms with Crippen LogP contribution >= 0.6 is 0 Å². The minimum absolute atomic E-state index is 0.0749. The number of aliphatic carboxylic acids is 1. The number of fused-ring (bicyclic) bond motifs is 1.